The van der Waals surface area contributed by atoms with Gasteiger partial charge in [0, 0.05) is 0 Å². The number of aromatic carboxylic acids is 1. The molecule has 0 amide bonds. The third-order valence-corrected chi connectivity index (χ3v) is 2.74. The van der Waals surface area contributed by atoms with Crippen molar-refractivity contribution in [3.05, 3.63) is 59.7 Å². The molecule has 0 unspecified atom stereocenters. The maximum absolute atomic E-state index is 10.7. The summed E-state index contributed by atoms with van der Waals surface area (Å²) in [4.78, 5) is 21.0. The molecule has 0 radical (unpaired) electrons. The van der Waals surface area contributed by atoms with Crippen molar-refractivity contribution in [1.82, 2.24) is 0 Å². The molecule has 2 rings (SSSR count). The summed E-state index contributed by atoms with van der Waals surface area (Å²) in [5, 5.41) is 25.0. The smallest absolute Gasteiger partial charge is 0.128 e. The van der Waals surface area contributed by atoms with Crippen LogP contribution >= 0.6 is 0 Å². The van der Waals surface area contributed by atoms with Crippen LogP contribution in [0.15, 0.2) is 53.6 Å². The molecule has 0 atom stereocenters. The zero-order valence-corrected chi connectivity index (χ0v) is 11.9. The van der Waals surface area contributed by atoms with E-state index in [-0.39, 0.29) is 5.56 Å². The predicted molar refractivity (Wildman–Crippen MR) is 78.9 cm³/mol. The molecule has 0 aliphatic rings. The molecule has 2 aromatic rings. The molecule has 2 aromatic carbocycles. The Hall–Kier alpha value is -3.35. The summed E-state index contributed by atoms with van der Waals surface area (Å²) in [6, 6.07) is 12.6. The fraction of sp³-hybridized carbons (Fsp3) is 0.0625. The Morgan fingerprint density at radius 3 is 2.52 bits per heavy atom. The van der Waals surface area contributed by atoms with Crippen LogP contribution in [0.1, 0.15) is 15.9 Å². The second kappa shape index (κ2) is 7.60. The van der Waals surface area contributed by atoms with Gasteiger partial charge in [-0.25, -0.2) is 0 Å². The number of ether oxygens (including phenoxy) is 1. The lowest BCUT2D eigenvalue weighted by atomic mass is 10.2. The molecular formula is C16H12N2O5-2. The van der Waals surface area contributed by atoms with Gasteiger partial charge in [-0.2, -0.15) is 5.10 Å². The average molecular weight is 312 g/mol. The van der Waals surface area contributed by atoms with Crippen LogP contribution < -0.4 is 20.4 Å². The summed E-state index contributed by atoms with van der Waals surface area (Å²) < 4.78 is 4.95. The van der Waals surface area contributed by atoms with Crippen LogP contribution in [-0.2, 0) is 4.79 Å². The van der Waals surface area contributed by atoms with Crippen molar-refractivity contribution < 1.29 is 24.5 Å². The summed E-state index contributed by atoms with van der Waals surface area (Å²) in [5.41, 5.74) is 4.02. The monoisotopic (exact) mass is 312 g/mol. The molecule has 23 heavy (non-hydrogen) atoms. The summed E-state index contributed by atoms with van der Waals surface area (Å²) in [7, 11) is 0. The van der Waals surface area contributed by atoms with E-state index in [1.807, 2.05) is 0 Å². The number of carbonyl (C=O) groups excluding carboxylic acids is 2. The third-order valence-electron chi connectivity index (χ3n) is 2.74. The lowest BCUT2D eigenvalue weighted by Gasteiger charge is -2.06. The van der Waals surface area contributed by atoms with Gasteiger partial charge in [-0.1, -0.05) is 12.1 Å². The maximum atomic E-state index is 10.7. The number of carbonyl (C=O) groups is 2. The van der Waals surface area contributed by atoms with Crippen LogP contribution in [0.3, 0.4) is 0 Å². The topological polar surface area (TPSA) is 114 Å². The molecule has 0 aliphatic heterocycles. The van der Waals surface area contributed by atoms with E-state index in [9.17, 15) is 19.8 Å². The molecule has 0 aromatic heterocycles. The molecule has 118 valence electrons. The van der Waals surface area contributed by atoms with Crippen molar-refractivity contribution in [1.29, 1.82) is 0 Å². The zero-order chi connectivity index (χ0) is 16.7. The highest BCUT2D eigenvalue weighted by Crippen LogP contribution is 2.12. The average Bonchev–Trinajstić information content (AvgIpc) is 2.54. The summed E-state index contributed by atoms with van der Waals surface area (Å²) in [6.07, 6.45) is 1.52. The van der Waals surface area contributed by atoms with Crippen molar-refractivity contribution in [2.24, 2.45) is 5.10 Å². The fourth-order valence-electron chi connectivity index (χ4n) is 1.69. The van der Waals surface area contributed by atoms with E-state index in [0.29, 0.717) is 11.4 Å². The van der Waals surface area contributed by atoms with Gasteiger partial charge in [-0.3, -0.25) is 5.43 Å². The Morgan fingerprint density at radius 2 is 1.87 bits per heavy atom. The molecule has 0 aliphatic carbocycles. The van der Waals surface area contributed by atoms with Crippen LogP contribution in [0.4, 0.5) is 5.69 Å². The van der Waals surface area contributed by atoms with Crippen molar-refractivity contribution in [2.75, 3.05) is 12.0 Å². The largest absolute Gasteiger partial charge is 0.546 e. The Morgan fingerprint density at radius 1 is 1.13 bits per heavy atom. The molecule has 7 heteroatoms. The van der Waals surface area contributed by atoms with Crippen LogP contribution in [0.2, 0.25) is 0 Å². The lowest BCUT2D eigenvalue weighted by Crippen LogP contribution is -2.28. The van der Waals surface area contributed by atoms with Gasteiger partial charge in [0.15, 0.2) is 0 Å². The number of nitrogens with one attached hydrogen (secondary N) is 1. The Bertz CT molecular complexity index is 726. The van der Waals surface area contributed by atoms with E-state index < -0.39 is 18.5 Å². The van der Waals surface area contributed by atoms with Crippen LogP contribution in [0.25, 0.3) is 0 Å². The molecule has 0 fully saturated rings. The number of anilines is 1. The minimum absolute atomic E-state index is 0.0552. The molecule has 1 N–H and O–H groups in total. The molecule has 0 spiro atoms. The van der Waals surface area contributed by atoms with E-state index in [0.717, 1.165) is 5.56 Å². The van der Waals surface area contributed by atoms with Gasteiger partial charge in [0.25, 0.3) is 0 Å². The molecule has 0 saturated heterocycles. The highest BCUT2D eigenvalue weighted by molar-refractivity contribution is 5.87. The summed E-state index contributed by atoms with van der Waals surface area (Å²) in [5.74, 6) is -2.15. The van der Waals surface area contributed by atoms with Gasteiger partial charge < -0.3 is 24.5 Å². The van der Waals surface area contributed by atoms with Crippen molar-refractivity contribution in [3.8, 4) is 5.75 Å². The van der Waals surface area contributed by atoms with Crippen molar-refractivity contribution >= 4 is 23.8 Å². The van der Waals surface area contributed by atoms with Crippen molar-refractivity contribution in [3.63, 3.8) is 0 Å². The Kier molecular flexibility index (Phi) is 5.30. The normalized spacial score (nSPS) is 10.4. The number of nitrogens with zero attached hydrogens (tertiary/aromatic N) is 1. The predicted octanol–water partition coefficient (Wildman–Crippen LogP) is -0.375. The van der Waals surface area contributed by atoms with E-state index in [2.05, 4.69) is 10.5 Å². The molecule has 0 bridgehead atoms. The third kappa shape index (κ3) is 5.16. The molecule has 0 heterocycles. The van der Waals surface area contributed by atoms with Crippen LogP contribution in [0, 0.1) is 0 Å². The standard InChI is InChI=1S/C16H14N2O5/c19-15(20)10-23-14-6-4-11(5-7-14)9-17-18-13-3-1-2-12(8-13)16(21)22/h1-9,18H,10H2,(H,19,20)(H,21,22)/p-2/b17-9-. The zero-order valence-electron chi connectivity index (χ0n) is 11.9. The number of carboxylic acids is 2. The first kappa shape index (κ1) is 16.0. The van der Waals surface area contributed by atoms with Gasteiger partial charge in [0.2, 0.25) is 0 Å². The minimum Gasteiger partial charge on any atom is -0.546 e. The van der Waals surface area contributed by atoms with E-state index in [1.165, 1.54) is 18.3 Å². The van der Waals surface area contributed by atoms with Crippen LogP contribution in [0.5, 0.6) is 5.75 Å². The number of hydrogen-bond acceptors (Lipinski definition) is 7. The number of aliphatic carboxylic acids is 1. The first-order valence-corrected chi connectivity index (χ1v) is 6.58. The fourth-order valence-corrected chi connectivity index (χ4v) is 1.69. The van der Waals surface area contributed by atoms with E-state index >= 15 is 0 Å². The Labute approximate surface area is 131 Å². The van der Waals surface area contributed by atoms with Gasteiger partial charge in [0.05, 0.1) is 23.8 Å². The maximum Gasteiger partial charge on any atom is 0.128 e. The second-order valence-electron chi connectivity index (χ2n) is 4.47. The number of rotatable bonds is 7. The SMILES string of the molecule is O=C([O-])COc1ccc(/C=N\Nc2cccc(C(=O)[O-])c2)cc1. The second-order valence-corrected chi connectivity index (χ2v) is 4.47. The van der Waals surface area contributed by atoms with Crippen molar-refractivity contribution in [2.45, 2.75) is 0 Å². The molecule has 0 saturated carbocycles. The number of carboxylic acid groups (broad SMARTS) is 2. The highest BCUT2D eigenvalue weighted by Gasteiger charge is 1.96. The van der Waals surface area contributed by atoms with Gasteiger partial charge in [-0.15, -0.1) is 0 Å². The summed E-state index contributed by atoms with van der Waals surface area (Å²) >= 11 is 0. The van der Waals surface area contributed by atoms with Crippen LogP contribution in [-0.4, -0.2) is 24.8 Å². The molecule has 7 nitrogen and oxygen atoms in total. The van der Waals surface area contributed by atoms with Gasteiger partial charge >= 0.3 is 0 Å². The highest BCUT2D eigenvalue weighted by atomic mass is 16.5. The minimum atomic E-state index is -1.29. The quantitative estimate of drug-likeness (QED) is 0.551. The van der Waals surface area contributed by atoms with Gasteiger partial charge in [0.1, 0.15) is 12.4 Å². The first-order valence-electron chi connectivity index (χ1n) is 6.58. The molecular weight excluding hydrogens is 300 g/mol. The Balaban J connectivity index is 1.94. The summed E-state index contributed by atoms with van der Waals surface area (Å²) in [6.45, 7) is -0.510. The lowest BCUT2D eigenvalue weighted by molar-refractivity contribution is -0.307. The first-order chi connectivity index (χ1) is 11.0. The number of benzene rings is 2. The van der Waals surface area contributed by atoms with E-state index in [4.69, 9.17) is 4.74 Å². The van der Waals surface area contributed by atoms with E-state index in [1.54, 1.807) is 36.4 Å². The number of hydrogen-bond donors (Lipinski definition) is 1. The number of hydrazone groups is 1. The van der Waals surface area contributed by atoms with Gasteiger partial charge in [-0.05, 0) is 47.5 Å².